The Bertz CT molecular complexity index is 321. The Balaban J connectivity index is 2.38. The molecule has 2 N–H and O–H groups in total. The molecular formula is C11H22ClNO3S. The molecule has 0 bridgehead atoms. The van der Waals surface area contributed by atoms with Crippen molar-refractivity contribution in [1.29, 1.82) is 0 Å². The zero-order chi connectivity index (χ0) is 12.9. The lowest BCUT2D eigenvalue weighted by molar-refractivity contribution is 0.0724. The molecule has 1 saturated carbocycles. The van der Waals surface area contributed by atoms with Crippen LogP contribution in [0.15, 0.2) is 0 Å². The molecule has 4 nitrogen and oxygen atoms in total. The van der Waals surface area contributed by atoms with Gasteiger partial charge >= 0.3 is 0 Å². The second-order valence-corrected chi connectivity index (χ2v) is 7.16. The molecule has 0 radical (unpaired) electrons. The number of aliphatic hydroxyl groups is 1. The van der Waals surface area contributed by atoms with Crippen LogP contribution in [-0.4, -0.2) is 37.8 Å². The number of aliphatic hydroxyl groups excluding tert-OH is 1. The van der Waals surface area contributed by atoms with E-state index in [-0.39, 0.29) is 23.7 Å². The van der Waals surface area contributed by atoms with Gasteiger partial charge in [-0.25, -0.2) is 13.1 Å². The summed E-state index contributed by atoms with van der Waals surface area (Å²) in [6.45, 7) is 2.15. The van der Waals surface area contributed by atoms with E-state index in [0.717, 1.165) is 25.7 Å². The average molecular weight is 284 g/mol. The quantitative estimate of drug-likeness (QED) is 0.723. The van der Waals surface area contributed by atoms with E-state index in [2.05, 4.69) is 4.72 Å². The minimum absolute atomic E-state index is 0.0505. The van der Waals surface area contributed by atoms with E-state index in [1.807, 2.05) is 6.92 Å². The minimum atomic E-state index is -3.26. The van der Waals surface area contributed by atoms with Crippen molar-refractivity contribution >= 4 is 21.6 Å². The number of alkyl halides is 1. The van der Waals surface area contributed by atoms with Gasteiger partial charge in [-0.3, -0.25) is 0 Å². The summed E-state index contributed by atoms with van der Waals surface area (Å²) in [6, 6.07) is 0. The number of sulfonamides is 1. The standard InChI is InChI=1S/C11H22ClNO3S/c1-9(6-12)8-17(15,16)13-7-10-4-2-3-5-11(10)14/h9-11,13-14H,2-8H2,1H3. The van der Waals surface area contributed by atoms with Crippen molar-refractivity contribution in [3.63, 3.8) is 0 Å². The molecule has 0 aromatic carbocycles. The Morgan fingerprint density at radius 1 is 1.41 bits per heavy atom. The summed E-state index contributed by atoms with van der Waals surface area (Å²) in [6.07, 6.45) is 3.42. The third kappa shape index (κ3) is 5.55. The Hall–Kier alpha value is 0.160. The summed E-state index contributed by atoms with van der Waals surface area (Å²) in [7, 11) is -3.26. The highest BCUT2D eigenvalue weighted by Gasteiger charge is 2.25. The van der Waals surface area contributed by atoms with Gasteiger partial charge in [0, 0.05) is 12.4 Å². The van der Waals surface area contributed by atoms with Crippen molar-refractivity contribution in [1.82, 2.24) is 4.72 Å². The van der Waals surface area contributed by atoms with E-state index in [1.54, 1.807) is 0 Å². The van der Waals surface area contributed by atoms with Crippen LogP contribution in [0.1, 0.15) is 32.6 Å². The maximum atomic E-state index is 11.7. The molecule has 1 aliphatic carbocycles. The number of hydrogen-bond donors (Lipinski definition) is 2. The van der Waals surface area contributed by atoms with Crippen LogP contribution < -0.4 is 4.72 Å². The number of hydrogen-bond acceptors (Lipinski definition) is 3. The van der Waals surface area contributed by atoms with Crippen molar-refractivity contribution in [3.05, 3.63) is 0 Å². The molecule has 1 fully saturated rings. The van der Waals surface area contributed by atoms with Crippen molar-refractivity contribution < 1.29 is 13.5 Å². The van der Waals surface area contributed by atoms with E-state index in [9.17, 15) is 13.5 Å². The summed E-state index contributed by atoms with van der Waals surface area (Å²) in [5.74, 6) is 0.405. The lowest BCUT2D eigenvalue weighted by Gasteiger charge is -2.27. The van der Waals surface area contributed by atoms with Crippen LogP contribution in [0.5, 0.6) is 0 Å². The molecule has 0 saturated heterocycles. The van der Waals surface area contributed by atoms with Crippen LogP contribution in [0.3, 0.4) is 0 Å². The minimum Gasteiger partial charge on any atom is -0.393 e. The summed E-state index contributed by atoms with van der Waals surface area (Å²) in [4.78, 5) is 0. The number of rotatable bonds is 6. The van der Waals surface area contributed by atoms with Gasteiger partial charge in [-0.05, 0) is 24.7 Å². The first-order valence-corrected chi connectivity index (χ1v) is 8.34. The van der Waals surface area contributed by atoms with Crippen LogP contribution in [0.2, 0.25) is 0 Å². The van der Waals surface area contributed by atoms with E-state index in [4.69, 9.17) is 11.6 Å². The largest absolute Gasteiger partial charge is 0.393 e. The van der Waals surface area contributed by atoms with E-state index in [1.165, 1.54) is 0 Å². The lowest BCUT2D eigenvalue weighted by atomic mass is 9.87. The predicted molar refractivity (Wildman–Crippen MR) is 69.6 cm³/mol. The fourth-order valence-corrected chi connectivity index (χ4v) is 3.83. The molecule has 6 heteroatoms. The molecule has 0 heterocycles. The molecule has 17 heavy (non-hydrogen) atoms. The van der Waals surface area contributed by atoms with Crippen LogP contribution in [0, 0.1) is 11.8 Å². The molecular weight excluding hydrogens is 262 g/mol. The van der Waals surface area contributed by atoms with Gasteiger partial charge in [0.2, 0.25) is 10.0 Å². The summed E-state index contributed by atoms with van der Waals surface area (Å²) >= 11 is 5.60. The first-order chi connectivity index (χ1) is 7.94. The molecule has 3 atom stereocenters. The van der Waals surface area contributed by atoms with Gasteiger partial charge in [0.05, 0.1) is 11.9 Å². The molecule has 102 valence electrons. The van der Waals surface area contributed by atoms with Crippen LogP contribution in [0.25, 0.3) is 0 Å². The Kier molecular flexibility index (Phi) is 6.20. The third-order valence-electron chi connectivity index (χ3n) is 3.20. The number of halogens is 1. The fourth-order valence-electron chi connectivity index (χ4n) is 2.14. The molecule has 1 rings (SSSR count). The normalized spacial score (nSPS) is 27.9. The van der Waals surface area contributed by atoms with Crippen molar-refractivity contribution in [2.45, 2.75) is 38.7 Å². The maximum absolute atomic E-state index is 11.7. The van der Waals surface area contributed by atoms with Gasteiger partial charge in [-0.2, -0.15) is 0 Å². The molecule has 0 aromatic heterocycles. The van der Waals surface area contributed by atoms with Crippen molar-refractivity contribution in [2.24, 2.45) is 11.8 Å². The van der Waals surface area contributed by atoms with Crippen molar-refractivity contribution in [3.8, 4) is 0 Å². The summed E-state index contributed by atoms with van der Waals surface area (Å²) in [5, 5.41) is 9.74. The second-order valence-electron chi connectivity index (χ2n) is 5.00. The lowest BCUT2D eigenvalue weighted by Crippen LogP contribution is -2.38. The molecule has 0 amide bonds. The van der Waals surface area contributed by atoms with Crippen LogP contribution >= 0.6 is 11.6 Å². The molecule has 1 aliphatic rings. The van der Waals surface area contributed by atoms with E-state index >= 15 is 0 Å². The first-order valence-electron chi connectivity index (χ1n) is 6.16. The Morgan fingerprint density at radius 3 is 2.65 bits per heavy atom. The zero-order valence-electron chi connectivity index (χ0n) is 10.2. The first kappa shape index (κ1) is 15.2. The van der Waals surface area contributed by atoms with Crippen molar-refractivity contribution in [2.75, 3.05) is 18.2 Å². The Morgan fingerprint density at radius 2 is 2.06 bits per heavy atom. The van der Waals surface area contributed by atoms with Gasteiger partial charge in [0.1, 0.15) is 0 Å². The van der Waals surface area contributed by atoms with Gasteiger partial charge in [-0.15, -0.1) is 11.6 Å². The maximum Gasteiger partial charge on any atom is 0.211 e. The van der Waals surface area contributed by atoms with Gasteiger partial charge in [-0.1, -0.05) is 19.8 Å². The predicted octanol–water partition coefficient (Wildman–Crippen LogP) is 1.33. The molecule has 0 aromatic rings. The van der Waals surface area contributed by atoms with Gasteiger partial charge < -0.3 is 5.11 Å². The highest BCUT2D eigenvalue weighted by molar-refractivity contribution is 7.89. The average Bonchev–Trinajstić information content (AvgIpc) is 2.27. The topological polar surface area (TPSA) is 66.4 Å². The molecule has 3 unspecified atom stereocenters. The third-order valence-corrected chi connectivity index (χ3v) is 5.34. The second kappa shape index (κ2) is 6.92. The molecule has 0 aliphatic heterocycles. The highest BCUT2D eigenvalue weighted by atomic mass is 35.5. The van der Waals surface area contributed by atoms with Gasteiger partial charge in [0.15, 0.2) is 0 Å². The Labute approximate surface area is 109 Å². The van der Waals surface area contributed by atoms with Crippen LogP contribution in [0.4, 0.5) is 0 Å². The molecule has 0 spiro atoms. The van der Waals surface area contributed by atoms with Crippen LogP contribution in [-0.2, 0) is 10.0 Å². The zero-order valence-corrected chi connectivity index (χ0v) is 11.8. The smallest absolute Gasteiger partial charge is 0.211 e. The summed E-state index contributed by atoms with van der Waals surface area (Å²) in [5.41, 5.74) is 0. The summed E-state index contributed by atoms with van der Waals surface area (Å²) < 4.78 is 26.0. The van der Waals surface area contributed by atoms with E-state index < -0.39 is 10.0 Å². The number of nitrogens with one attached hydrogen (secondary N) is 1. The monoisotopic (exact) mass is 283 g/mol. The van der Waals surface area contributed by atoms with E-state index in [0.29, 0.717) is 12.4 Å². The fraction of sp³-hybridized carbons (Fsp3) is 1.00. The SMILES string of the molecule is CC(CCl)CS(=O)(=O)NCC1CCCCC1O. The van der Waals surface area contributed by atoms with Gasteiger partial charge in [0.25, 0.3) is 0 Å². The highest BCUT2D eigenvalue weighted by Crippen LogP contribution is 2.23.